The van der Waals surface area contributed by atoms with Gasteiger partial charge in [0.2, 0.25) is 5.91 Å². The summed E-state index contributed by atoms with van der Waals surface area (Å²) in [5.41, 5.74) is -0.173. The van der Waals surface area contributed by atoms with E-state index in [4.69, 9.17) is 16.3 Å². The molecule has 3 rings (SSSR count). The Morgan fingerprint density at radius 1 is 1.38 bits per heavy atom. The van der Waals surface area contributed by atoms with Crippen LogP contribution in [0.4, 0.5) is 0 Å². The minimum Gasteiger partial charge on any atom is -0.486 e. The highest BCUT2D eigenvalue weighted by Gasteiger charge is 2.42. The van der Waals surface area contributed by atoms with E-state index in [9.17, 15) is 14.7 Å². The van der Waals surface area contributed by atoms with Crippen LogP contribution in [0.2, 0.25) is 5.02 Å². The zero-order valence-electron chi connectivity index (χ0n) is 14.3. The fraction of sp³-hybridized carbons (Fsp3) is 0.389. The number of ether oxygens (including phenoxy) is 1. The van der Waals surface area contributed by atoms with Gasteiger partial charge in [0, 0.05) is 23.5 Å². The Bertz CT molecular complexity index is 808. The molecule has 0 saturated carbocycles. The molecule has 138 valence electrons. The molecule has 2 aromatic rings. The van der Waals surface area contributed by atoms with Crippen LogP contribution in [0.1, 0.15) is 24.0 Å². The summed E-state index contributed by atoms with van der Waals surface area (Å²) in [5, 5.41) is 12.5. The van der Waals surface area contributed by atoms with Crippen LogP contribution in [0.25, 0.3) is 0 Å². The number of amides is 1. The molecule has 1 saturated heterocycles. The number of nitrogens with zero attached hydrogens (tertiary/aromatic N) is 2. The number of carboxylic acids is 1. The Hall–Kier alpha value is -2.12. The molecule has 1 aliphatic rings. The molecule has 1 atom stereocenters. The summed E-state index contributed by atoms with van der Waals surface area (Å²) in [6.45, 7) is 2.72. The summed E-state index contributed by atoms with van der Waals surface area (Å²) in [7, 11) is 0. The number of thiazole rings is 1. The zero-order chi connectivity index (χ0) is 18.7. The van der Waals surface area contributed by atoms with E-state index in [-0.39, 0.29) is 18.9 Å². The SMILES string of the molecule is CC1(C(=O)O)CCN(C(=O)Cc2csc(COc3ccc(Cl)cc3)n2)C1. The predicted molar refractivity (Wildman–Crippen MR) is 98.5 cm³/mol. The molecule has 0 bridgehead atoms. The fourth-order valence-electron chi connectivity index (χ4n) is 2.79. The van der Waals surface area contributed by atoms with E-state index in [0.29, 0.717) is 36.0 Å². The normalized spacial score (nSPS) is 19.5. The molecule has 1 aliphatic heterocycles. The third-order valence-corrected chi connectivity index (χ3v) is 5.57. The number of hydrogen-bond donors (Lipinski definition) is 1. The Morgan fingerprint density at radius 3 is 2.77 bits per heavy atom. The van der Waals surface area contributed by atoms with Crippen molar-refractivity contribution < 1.29 is 19.4 Å². The van der Waals surface area contributed by atoms with Gasteiger partial charge in [-0.2, -0.15) is 0 Å². The largest absolute Gasteiger partial charge is 0.486 e. The molecule has 26 heavy (non-hydrogen) atoms. The van der Waals surface area contributed by atoms with E-state index in [2.05, 4.69) is 4.98 Å². The van der Waals surface area contributed by atoms with Crippen molar-refractivity contribution in [3.63, 3.8) is 0 Å². The minimum absolute atomic E-state index is 0.0922. The molecule has 1 fully saturated rings. The van der Waals surface area contributed by atoms with Crippen molar-refractivity contribution in [2.75, 3.05) is 13.1 Å². The number of aliphatic carboxylic acids is 1. The Morgan fingerprint density at radius 2 is 2.12 bits per heavy atom. The van der Waals surface area contributed by atoms with Crippen molar-refractivity contribution in [1.82, 2.24) is 9.88 Å². The van der Waals surface area contributed by atoms with Gasteiger partial charge in [-0.25, -0.2) is 4.98 Å². The summed E-state index contributed by atoms with van der Waals surface area (Å²) in [6.07, 6.45) is 0.651. The molecule has 0 radical (unpaired) electrons. The van der Waals surface area contributed by atoms with Crippen molar-refractivity contribution >= 4 is 34.8 Å². The van der Waals surface area contributed by atoms with Crippen LogP contribution in [-0.2, 0) is 22.6 Å². The van der Waals surface area contributed by atoms with Gasteiger partial charge in [-0.05, 0) is 37.6 Å². The van der Waals surface area contributed by atoms with Crippen LogP contribution in [0.5, 0.6) is 5.75 Å². The van der Waals surface area contributed by atoms with Crippen LogP contribution >= 0.6 is 22.9 Å². The lowest BCUT2D eigenvalue weighted by Crippen LogP contribution is -2.35. The van der Waals surface area contributed by atoms with Gasteiger partial charge in [-0.15, -0.1) is 11.3 Å². The third-order valence-electron chi connectivity index (χ3n) is 4.45. The second-order valence-electron chi connectivity index (χ2n) is 6.58. The lowest BCUT2D eigenvalue weighted by Gasteiger charge is -2.19. The molecular formula is C18H19ClN2O4S. The molecule has 1 amide bonds. The number of rotatable bonds is 6. The lowest BCUT2D eigenvalue weighted by molar-refractivity contribution is -0.147. The van der Waals surface area contributed by atoms with Crippen LogP contribution in [0.3, 0.4) is 0 Å². The van der Waals surface area contributed by atoms with E-state index in [1.807, 2.05) is 5.38 Å². The molecular weight excluding hydrogens is 376 g/mol. The average molecular weight is 395 g/mol. The van der Waals surface area contributed by atoms with E-state index >= 15 is 0 Å². The predicted octanol–water partition coefficient (Wildman–Crippen LogP) is 3.24. The first-order valence-corrected chi connectivity index (χ1v) is 9.44. The number of carbonyl (C=O) groups excluding carboxylic acids is 1. The summed E-state index contributed by atoms with van der Waals surface area (Å²) < 4.78 is 5.65. The number of carboxylic acid groups (broad SMARTS) is 1. The molecule has 1 aromatic heterocycles. The fourth-order valence-corrected chi connectivity index (χ4v) is 3.62. The minimum atomic E-state index is -0.858. The molecule has 0 spiro atoms. The summed E-state index contributed by atoms with van der Waals surface area (Å²) >= 11 is 7.27. The maximum absolute atomic E-state index is 12.4. The van der Waals surface area contributed by atoms with Gasteiger partial charge in [0.1, 0.15) is 17.4 Å². The quantitative estimate of drug-likeness (QED) is 0.813. The van der Waals surface area contributed by atoms with Crippen molar-refractivity contribution in [2.24, 2.45) is 5.41 Å². The van der Waals surface area contributed by atoms with Gasteiger partial charge in [0.05, 0.1) is 17.5 Å². The number of halogens is 1. The van der Waals surface area contributed by atoms with Crippen molar-refractivity contribution in [3.05, 3.63) is 45.4 Å². The number of hydrogen-bond acceptors (Lipinski definition) is 5. The summed E-state index contributed by atoms with van der Waals surface area (Å²) in [4.78, 5) is 29.7. The van der Waals surface area contributed by atoms with Crippen molar-refractivity contribution in [3.8, 4) is 5.75 Å². The van der Waals surface area contributed by atoms with Crippen molar-refractivity contribution in [2.45, 2.75) is 26.4 Å². The van der Waals surface area contributed by atoms with Gasteiger partial charge in [0.15, 0.2) is 0 Å². The van der Waals surface area contributed by atoms with Crippen LogP contribution in [-0.4, -0.2) is 40.0 Å². The van der Waals surface area contributed by atoms with Crippen LogP contribution < -0.4 is 4.74 Å². The van der Waals surface area contributed by atoms with Crippen molar-refractivity contribution in [1.29, 1.82) is 0 Å². The van der Waals surface area contributed by atoms with E-state index in [1.54, 1.807) is 36.1 Å². The molecule has 0 aliphatic carbocycles. The third kappa shape index (κ3) is 4.34. The average Bonchev–Trinajstić information content (AvgIpc) is 3.22. The first kappa shape index (κ1) is 18.7. The maximum atomic E-state index is 12.4. The van der Waals surface area contributed by atoms with E-state index in [0.717, 1.165) is 5.01 Å². The monoisotopic (exact) mass is 394 g/mol. The molecule has 1 unspecified atom stereocenters. The zero-order valence-corrected chi connectivity index (χ0v) is 15.8. The molecule has 1 N–H and O–H groups in total. The second kappa shape index (κ2) is 7.63. The highest BCUT2D eigenvalue weighted by atomic mass is 35.5. The summed E-state index contributed by atoms with van der Waals surface area (Å²) in [5.74, 6) is -0.249. The van der Waals surface area contributed by atoms with Gasteiger partial charge < -0.3 is 14.7 Å². The Kier molecular flexibility index (Phi) is 5.48. The van der Waals surface area contributed by atoms with Gasteiger partial charge in [0.25, 0.3) is 0 Å². The molecule has 2 heterocycles. The lowest BCUT2D eigenvalue weighted by atomic mass is 9.90. The molecule has 6 nitrogen and oxygen atoms in total. The number of benzene rings is 1. The first-order valence-electron chi connectivity index (χ1n) is 8.18. The first-order chi connectivity index (χ1) is 12.4. The highest BCUT2D eigenvalue weighted by molar-refractivity contribution is 7.09. The maximum Gasteiger partial charge on any atom is 0.311 e. The Balaban J connectivity index is 1.52. The molecule has 1 aromatic carbocycles. The smallest absolute Gasteiger partial charge is 0.311 e. The van der Waals surface area contributed by atoms with E-state index < -0.39 is 11.4 Å². The van der Waals surface area contributed by atoms with Gasteiger partial charge in [-0.3, -0.25) is 9.59 Å². The van der Waals surface area contributed by atoms with Gasteiger partial charge in [-0.1, -0.05) is 11.6 Å². The van der Waals surface area contributed by atoms with Crippen LogP contribution in [0, 0.1) is 5.41 Å². The van der Waals surface area contributed by atoms with E-state index in [1.165, 1.54) is 11.3 Å². The van der Waals surface area contributed by atoms with Gasteiger partial charge >= 0.3 is 5.97 Å². The second-order valence-corrected chi connectivity index (χ2v) is 7.96. The topological polar surface area (TPSA) is 79.7 Å². The number of aromatic nitrogens is 1. The number of carbonyl (C=O) groups is 2. The molecule has 8 heteroatoms. The summed E-state index contributed by atoms with van der Waals surface area (Å²) in [6, 6.07) is 7.08. The highest BCUT2D eigenvalue weighted by Crippen LogP contribution is 2.30. The number of likely N-dealkylation sites (tertiary alicyclic amines) is 1. The van der Waals surface area contributed by atoms with Crippen LogP contribution in [0.15, 0.2) is 29.6 Å². The standard InChI is InChI=1S/C18H19ClN2O4S/c1-18(17(23)24)6-7-21(11-18)16(22)8-13-10-26-15(20-13)9-25-14-4-2-12(19)3-5-14/h2-5,10H,6-9,11H2,1H3,(H,23,24). The Labute approximate surface area is 160 Å².